The average Bonchev–Trinajstić information content (AvgIpc) is 3.32. The predicted molar refractivity (Wildman–Crippen MR) is 135 cm³/mol. The number of aryl methyl sites for hydroxylation is 2. The fourth-order valence-corrected chi connectivity index (χ4v) is 5.21. The smallest absolute Gasteiger partial charge is 0.338 e. The zero-order valence-corrected chi connectivity index (χ0v) is 20.6. The molecule has 2 aromatic carbocycles. The van der Waals surface area contributed by atoms with Crippen LogP contribution in [0.4, 0.5) is 5.69 Å². The third kappa shape index (κ3) is 7.10. The quantitative estimate of drug-likeness (QED) is 0.571. The van der Waals surface area contributed by atoms with Gasteiger partial charge in [0.1, 0.15) is 4.38 Å². The van der Waals surface area contributed by atoms with Crippen LogP contribution in [0, 0.1) is 13.8 Å². The number of carbonyl (C=O) groups is 3. The van der Waals surface area contributed by atoms with Crippen LogP contribution in [0.15, 0.2) is 47.5 Å². The molecule has 1 aliphatic heterocycles. The number of nitrogens with one attached hydrogen (secondary N) is 1. The maximum atomic E-state index is 12.6. The predicted octanol–water partition coefficient (Wildman–Crippen LogP) is 3.89. The van der Waals surface area contributed by atoms with Crippen LogP contribution in [0.1, 0.15) is 27.0 Å². The largest absolute Gasteiger partial charge is 0.452 e. The Morgan fingerprint density at radius 3 is 2.55 bits per heavy atom. The summed E-state index contributed by atoms with van der Waals surface area (Å²) in [6.45, 7) is 4.07. The van der Waals surface area contributed by atoms with Gasteiger partial charge in [-0.2, -0.15) is 0 Å². The highest BCUT2D eigenvalue weighted by Gasteiger charge is 2.19. The van der Waals surface area contributed by atoms with Crippen LogP contribution in [-0.4, -0.2) is 59.6 Å². The van der Waals surface area contributed by atoms with Crippen molar-refractivity contribution in [1.29, 1.82) is 0 Å². The summed E-state index contributed by atoms with van der Waals surface area (Å²) in [6, 6.07) is 12.9. The molecule has 0 bridgehead atoms. The molecular formula is C24H27N3O4S2. The lowest BCUT2D eigenvalue weighted by atomic mass is 10.1. The number of ether oxygens (including phenoxy) is 1. The lowest BCUT2D eigenvalue weighted by Gasteiger charge is -2.18. The van der Waals surface area contributed by atoms with Crippen molar-refractivity contribution in [3.63, 3.8) is 0 Å². The Hall–Kier alpha value is -2.78. The molecule has 7 nitrogen and oxygen atoms in total. The number of esters is 1. The van der Waals surface area contributed by atoms with Crippen molar-refractivity contribution in [2.75, 3.05) is 37.8 Å². The maximum absolute atomic E-state index is 12.6. The molecule has 0 radical (unpaired) electrons. The zero-order chi connectivity index (χ0) is 23.8. The van der Waals surface area contributed by atoms with Gasteiger partial charge in [0.25, 0.3) is 5.91 Å². The number of amides is 2. The third-order valence-electron chi connectivity index (χ3n) is 5.02. The van der Waals surface area contributed by atoms with Gasteiger partial charge in [-0.15, -0.1) is 0 Å². The van der Waals surface area contributed by atoms with E-state index in [0.717, 1.165) is 39.1 Å². The molecular weight excluding hydrogens is 458 g/mol. The van der Waals surface area contributed by atoms with E-state index in [0.29, 0.717) is 11.3 Å². The SMILES string of the molecule is Cc1cccc(C)c1NC(=O)CN(C)C(=O)COC(=O)c1ccccc1CSC1=NCCS1. The molecule has 33 heavy (non-hydrogen) atoms. The van der Waals surface area contributed by atoms with Crippen molar-refractivity contribution in [2.24, 2.45) is 4.99 Å². The van der Waals surface area contributed by atoms with Crippen molar-refractivity contribution in [3.05, 3.63) is 64.7 Å². The van der Waals surface area contributed by atoms with Gasteiger partial charge in [0.15, 0.2) is 6.61 Å². The van der Waals surface area contributed by atoms with Crippen LogP contribution in [0.2, 0.25) is 0 Å². The van der Waals surface area contributed by atoms with Crippen LogP contribution >= 0.6 is 23.5 Å². The first-order chi connectivity index (χ1) is 15.8. The summed E-state index contributed by atoms with van der Waals surface area (Å²) in [4.78, 5) is 43.1. The summed E-state index contributed by atoms with van der Waals surface area (Å²) in [5.74, 6) is 0.260. The molecule has 1 aliphatic rings. The van der Waals surface area contributed by atoms with Crippen LogP contribution in [0.5, 0.6) is 0 Å². The highest BCUT2D eigenvalue weighted by molar-refractivity contribution is 8.38. The van der Waals surface area contributed by atoms with Crippen molar-refractivity contribution in [1.82, 2.24) is 4.90 Å². The summed E-state index contributed by atoms with van der Waals surface area (Å²) < 4.78 is 6.28. The van der Waals surface area contributed by atoms with E-state index >= 15 is 0 Å². The Kier molecular flexibility index (Phi) is 8.96. The molecule has 0 spiro atoms. The lowest BCUT2D eigenvalue weighted by molar-refractivity contribution is -0.136. The van der Waals surface area contributed by atoms with Gasteiger partial charge in [-0.1, -0.05) is 59.9 Å². The Labute approximate surface area is 202 Å². The molecule has 174 valence electrons. The summed E-state index contributed by atoms with van der Waals surface area (Å²) in [7, 11) is 1.50. The highest BCUT2D eigenvalue weighted by atomic mass is 32.2. The number of thioether (sulfide) groups is 2. The van der Waals surface area contributed by atoms with E-state index in [1.807, 2.05) is 44.2 Å². The first-order valence-corrected chi connectivity index (χ1v) is 12.5. The van der Waals surface area contributed by atoms with Gasteiger partial charge in [-0.3, -0.25) is 14.6 Å². The second-order valence-corrected chi connectivity index (χ2v) is 9.89. The number of anilines is 1. The molecule has 3 rings (SSSR count). The minimum atomic E-state index is -0.561. The van der Waals surface area contributed by atoms with Gasteiger partial charge in [-0.25, -0.2) is 4.79 Å². The van der Waals surface area contributed by atoms with Gasteiger partial charge in [0, 0.05) is 24.2 Å². The number of benzene rings is 2. The van der Waals surface area contributed by atoms with Crippen LogP contribution in [-0.2, 0) is 20.1 Å². The number of carbonyl (C=O) groups excluding carboxylic acids is 3. The maximum Gasteiger partial charge on any atom is 0.338 e. The zero-order valence-electron chi connectivity index (χ0n) is 18.9. The van der Waals surface area contributed by atoms with Crippen LogP contribution in [0.25, 0.3) is 0 Å². The number of hydrogen-bond donors (Lipinski definition) is 1. The molecule has 0 fully saturated rings. The molecule has 0 aromatic heterocycles. The molecule has 2 aromatic rings. The van der Waals surface area contributed by atoms with Gasteiger partial charge in [0.2, 0.25) is 5.91 Å². The second-order valence-electron chi connectivity index (χ2n) is 7.58. The Balaban J connectivity index is 1.50. The van der Waals surface area contributed by atoms with Crippen molar-refractivity contribution in [3.8, 4) is 0 Å². The fourth-order valence-electron chi connectivity index (χ4n) is 3.20. The van der Waals surface area contributed by atoms with Crippen LogP contribution in [0.3, 0.4) is 0 Å². The fraction of sp³-hybridized carbons (Fsp3) is 0.333. The number of nitrogens with zero attached hydrogens (tertiary/aromatic N) is 2. The Morgan fingerprint density at radius 1 is 1.12 bits per heavy atom. The number of para-hydroxylation sites is 1. The van der Waals surface area contributed by atoms with Gasteiger partial charge in [-0.05, 0) is 36.6 Å². The van der Waals surface area contributed by atoms with E-state index in [1.54, 1.807) is 35.7 Å². The topological polar surface area (TPSA) is 88.1 Å². The molecule has 0 aliphatic carbocycles. The number of likely N-dealkylation sites (N-methyl/N-ethyl adjacent to an activating group) is 1. The number of aliphatic imine (C=N–C) groups is 1. The van der Waals surface area contributed by atoms with Crippen LogP contribution < -0.4 is 5.32 Å². The van der Waals surface area contributed by atoms with E-state index in [9.17, 15) is 14.4 Å². The Morgan fingerprint density at radius 2 is 1.85 bits per heavy atom. The van der Waals surface area contributed by atoms with E-state index < -0.39 is 18.5 Å². The molecule has 1 N–H and O–H groups in total. The van der Waals surface area contributed by atoms with Gasteiger partial charge in [0.05, 0.1) is 18.7 Å². The molecule has 0 saturated carbocycles. The normalized spacial score (nSPS) is 12.8. The van der Waals surface area contributed by atoms with E-state index in [-0.39, 0.29) is 12.5 Å². The third-order valence-corrected chi connectivity index (χ3v) is 7.33. The summed E-state index contributed by atoms with van der Waals surface area (Å²) in [6.07, 6.45) is 0. The first-order valence-electron chi connectivity index (χ1n) is 10.5. The summed E-state index contributed by atoms with van der Waals surface area (Å²) >= 11 is 3.31. The van der Waals surface area contributed by atoms with Gasteiger partial charge < -0.3 is 15.0 Å². The lowest BCUT2D eigenvalue weighted by Crippen LogP contribution is -2.37. The molecule has 1 heterocycles. The Bertz CT molecular complexity index is 1050. The molecule has 0 saturated heterocycles. The minimum Gasteiger partial charge on any atom is -0.452 e. The van der Waals surface area contributed by atoms with Crippen molar-refractivity contribution >= 4 is 51.4 Å². The van der Waals surface area contributed by atoms with E-state index in [1.165, 1.54) is 11.9 Å². The van der Waals surface area contributed by atoms with E-state index in [4.69, 9.17) is 4.74 Å². The number of hydrogen-bond acceptors (Lipinski definition) is 7. The monoisotopic (exact) mass is 485 g/mol. The van der Waals surface area contributed by atoms with Gasteiger partial charge >= 0.3 is 5.97 Å². The first kappa shape index (κ1) is 24.9. The average molecular weight is 486 g/mol. The number of rotatable bonds is 8. The summed E-state index contributed by atoms with van der Waals surface area (Å²) in [5.41, 5.74) is 3.89. The molecule has 0 atom stereocenters. The molecule has 0 unspecified atom stereocenters. The minimum absolute atomic E-state index is 0.142. The van der Waals surface area contributed by atoms with Crippen molar-refractivity contribution in [2.45, 2.75) is 19.6 Å². The molecule has 2 amide bonds. The second kappa shape index (κ2) is 11.9. The van der Waals surface area contributed by atoms with E-state index in [2.05, 4.69) is 10.3 Å². The molecule has 9 heteroatoms. The summed E-state index contributed by atoms with van der Waals surface area (Å²) in [5, 5.41) is 2.85. The highest BCUT2D eigenvalue weighted by Crippen LogP contribution is 2.26. The van der Waals surface area contributed by atoms with Crippen molar-refractivity contribution < 1.29 is 19.1 Å². The standard InChI is InChI=1S/C24H27N3O4S2/c1-16-7-6-8-17(2)22(16)26-20(28)13-27(3)21(29)14-31-23(30)19-10-5-4-9-18(19)15-33-24-25-11-12-32-24/h4-10H,11-15H2,1-3H3,(H,26,28).